The molecule has 1 aromatic heterocycles. The van der Waals surface area contributed by atoms with Crippen molar-refractivity contribution < 1.29 is 13.9 Å². The molecule has 0 atom stereocenters. The molecule has 0 amide bonds. The molecular weight excluding hydrogens is 247 g/mol. The Morgan fingerprint density at radius 2 is 2.16 bits per heavy atom. The molecule has 0 fully saturated rings. The molecule has 0 bridgehead atoms. The molecule has 1 N–H and O–H groups in total. The lowest BCUT2D eigenvalue weighted by molar-refractivity contribution is 0.260. The maximum Gasteiger partial charge on any atom is 0.254 e. The number of anilines is 1. The van der Waals surface area contributed by atoms with Crippen LogP contribution in [0.1, 0.15) is 5.56 Å². The summed E-state index contributed by atoms with van der Waals surface area (Å²) in [4.78, 5) is 4.05. The normalized spacial score (nSPS) is 13.1. The summed E-state index contributed by atoms with van der Waals surface area (Å²) in [6, 6.07) is 10.9. The van der Waals surface area contributed by atoms with Crippen molar-refractivity contribution in [3.63, 3.8) is 0 Å². The van der Waals surface area contributed by atoms with Crippen LogP contribution >= 0.6 is 0 Å². The fourth-order valence-electron chi connectivity index (χ4n) is 1.85. The second-order valence-electron chi connectivity index (χ2n) is 4.18. The molecule has 19 heavy (non-hydrogen) atoms. The van der Waals surface area contributed by atoms with E-state index in [1.165, 1.54) is 6.07 Å². The maximum absolute atomic E-state index is 13.8. The van der Waals surface area contributed by atoms with Crippen LogP contribution in [-0.2, 0) is 6.61 Å². The fourth-order valence-corrected chi connectivity index (χ4v) is 1.85. The van der Waals surface area contributed by atoms with Gasteiger partial charge < -0.3 is 14.8 Å². The Morgan fingerprint density at radius 3 is 3.00 bits per heavy atom. The first kappa shape index (κ1) is 11.8. The van der Waals surface area contributed by atoms with E-state index < -0.39 is 5.82 Å². The summed E-state index contributed by atoms with van der Waals surface area (Å²) < 4.78 is 24.5. The largest absolute Gasteiger partial charge is 0.474 e. The highest BCUT2D eigenvalue weighted by Crippen LogP contribution is 2.30. The number of fused-ring (bicyclic) bond motifs is 1. The van der Waals surface area contributed by atoms with Crippen molar-refractivity contribution in [2.45, 2.75) is 6.61 Å². The summed E-state index contributed by atoms with van der Waals surface area (Å²) in [6.07, 6.45) is 0. The number of halogens is 1. The topological polar surface area (TPSA) is 43.4 Å². The van der Waals surface area contributed by atoms with E-state index in [0.717, 1.165) is 5.56 Å². The van der Waals surface area contributed by atoms with Gasteiger partial charge in [0.1, 0.15) is 18.9 Å². The van der Waals surface area contributed by atoms with E-state index in [9.17, 15) is 4.39 Å². The highest BCUT2D eigenvalue weighted by molar-refractivity contribution is 5.55. The molecule has 2 aromatic rings. The van der Waals surface area contributed by atoms with Gasteiger partial charge in [-0.3, -0.25) is 0 Å². The van der Waals surface area contributed by atoms with E-state index in [1.807, 2.05) is 30.3 Å². The second-order valence-corrected chi connectivity index (χ2v) is 4.18. The molecule has 1 aromatic carbocycles. The SMILES string of the molecule is Fc1cc2c(nc1OCc1ccccc1)OCCN2. The number of hydrogen-bond acceptors (Lipinski definition) is 4. The first-order valence-corrected chi connectivity index (χ1v) is 6.07. The minimum atomic E-state index is -0.493. The molecule has 0 aliphatic carbocycles. The number of ether oxygens (including phenoxy) is 2. The minimum absolute atomic E-state index is 0.0358. The number of aromatic nitrogens is 1. The summed E-state index contributed by atoms with van der Waals surface area (Å²) in [6.45, 7) is 1.44. The molecule has 5 heteroatoms. The minimum Gasteiger partial charge on any atom is -0.474 e. The van der Waals surface area contributed by atoms with Crippen LogP contribution in [0.15, 0.2) is 36.4 Å². The molecule has 0 unspecified atom stereocenters. The van der Waals surface area contributed by atoms with Gasteiger partial charge in [-0.05, 0) is 5.56 Å². The molecule has 0 spiro atoms. The summed E-state index contributed by atoms with van der Waals surface area (Å²) in [5, 5.41) is 3.02. The Kier molecular flexibility index (Phi) is 3.18. The molecule has 1 aliphatic heterocycles. The predicted molar refractivity (Wildman–Crippen MR) is 69.0 cm³/mol. The van der Waals surface area contributed by atoms with Gasteiger partial charge in [-0.2, -0.15) is 4.98 Å². The van der Waals surface area contributed by atoms with Crippen LogP contribution in [0.4, 0.5) is 10.1 Å². The van der Waals surface area contributed by atoms with Gasteiger partial charge in [0.2, 0.25) is 5.88 Å². The van der Waals surface area contributed by atoms with Gasteiger partial charge in [0.15, 0.2) is 5.82 Å². The Balaban J connectivity index is 1.77. The van der Waals surface area contributed by atoms with E-state index in [-0.39, 0.29) is 12.5 Å². The number of nitrogens with one attached hydrogen (secondary N) is 1. The third-order valence-electron chi connectivity index (χ3n) is 2.78. The maximum atomic E-state index is 13.8. The Morgan fingerprint density at radius 1 is 1.32 bits per heavy atom. The van der Waals surface area contributed by atoms with Gasteiger partial charge in [-0.25, -0.2) is 4.39 Å². The third-order valence-corrected chi connectivity index (χ3v) is 2.78. The quantitative estimate of drug-likeness (QED) is 0.921. The van der Waals surface area contributed by atoms with Crippen LogP contribution < -0.4 is 14.8 Å². The first-order chi connectivity index (χ1) is 9.33. The van der Waals surface area contributed by atoms with Crippen LogP contribution in [0.25, 0.3) is 0 Å². The highest BCUT2D eigenvalue weighted by atomic mass is 19.1. The van der Waals surface area contributed by atoms with E-state index in [1.54, 1.807) is 0 Å². The Bertz CT molecular complexity index is 575. The molecule has 0 radical (unpaired) electrons. The number of benzene rings is 1. The fraction of sp³-hybridized carbons (Fsp3) is 0.214. The van der Waals surface area contributed by atoms with Crippen molar-refractivity contribution in [3.8, 4) is 11.8 Å². The van der Waals surface area contributed by atoms with Crippen molar-refractivity contribution in [1.82, 2.24) is 4.98 Å². The zero-order valence-corrected chi connectivity index (χ0v) is 10.2. The van der Waals surface area contributed by atoms with Gasteiger partial charge in [0.25, 0.3) is 5.88 Å². The third kappa shape index (κ3) is 2.59. The van der Waals surface area contributed by atoms with E-state index >= 15 is 0 Å². The van der Waals surface area contributed by atoms with Crippen LogP contribution in [0.2, 0.25) is 0 Å². The Hall–Kier alpha value is -2.30. The van der Waals surface area contributed by atoms with Crippen LogP contribution in [0.3, 0.4) is 0 Å². The number of hydrogen-bond donors (Lipinski definition) is 1. The van der Waals surface area contributed by atoms with Gasteiger partial charge in [0.05, 0.1) is 0 Å². The lowest BCUT2D eigenvalue weighted by Crippen LogP contribution is -2.19. The van der Waals surface area contributed by atoms with E-state index in [0.29, 0.717) is 24.7 Å². The zero-order valence-electron chi connectivity index (χ0n) is 10.2. The van der Waals surface area contributed by atoms with Gasteiger partial charge >= 0.3 is 0 Å². The zero-order chi connectivity index (χ0) is 13.1. The first-order valence-electron chi connectivity index (χ1n) is 6.07. The monoisotopic (exact) mass is 260 g/mol. The van der Waals surface area contributed by atoms with Crippen molar-refractivity contribution in [1.29, 1.82) is 0 Å². The molecule has 0 saturated carbocycles. The predicted octanol–water partition coefficient (Wildman–Crippen LogP) is 2.60. The number of rotatable bonds is 3. The molecule has 98 valence electrons. The molecule has 4 nitrogen and oxygen atoms in total. The van der Waals surface area contributed by atoms with Gasteiger partial charge in [-0.15, -0.1) is 0 Å². The van der Waals surface area contributed by atoms with Crippen molar-refractivity contribution >= 4 is 5.69 Å². The number of nitrogens with zero attached hydrogens (tertiary/aromatic N) is 1. The summed E-state index contributed by atoms with van der Waals surface area (Å²) >= 11 is 0. The van der Waals surface area contributed by atoms with Crippen molar-refractivity contribution in [2.24, 2.45) is 0 Å². The van der Waals surface area contributed by atoms with Crippen LogP contribution in [-0.4, -0.2) is 18.1 Å². The molecular formula is C14H13FN2O2. The molecule has 1 aliphatic rings. The standard InChI is InChI=1S/C14H13FN2O2/c15-11-8-12-14(18-7-6-16-12)17-13(11)19-9-10-4-2-1-3-5-10/h1-5,8,16H,6-7,9H2. The van der Waals surface area contributed by atoms with Crippen LogP contribution in [0.5, 0.6) is 11.8 Å². The average molecular weight is 260 g/mol. The van der Waals surface area contributed by atoms with Gasteiger partial charge in [-0.1, -0.05) is 30.3 Å². The molecule has 0 saturated heterocycles. The van der Waals surface area contributed by atoms with Gasteiger partial charge in [0, 0.05) is 12.6 Å². The van der Waals surface area contributed by atoms with Crippen molar-refractivity contribution in [2.75, 3.05) is 18.5 Å². The van der Waals surface area contributed by atoms with Crippen LogP contribution in [0, 0.1) is 5.82 Å². The number of pyridine rings is 1. The average Bonchev–Trinajstić information content (AvgIpc) is 2.46. The summed E-state index contributed by atoms with van der Waals surface area (Å²) in [7, 11) is 0. The molecule has 3 rings (SSSR count). The summed E-state index contributed by atoms with van der Waals surface area (Å²) in [5.74, 6) is -0.144. The highest BCUT2D eigenvalue weighted by Gasteiger charge is 2.17. The van der Waals surface area contributed by atoms with E-state index in [2.05, 4.69) is 10.3 Å². The molecule has 2 heterocycles. The smallest absolute Gasteiger partial charge is 0.254 e. The lowest BCUT2D eigenvalue weighted by Gasteiger charge is -2.18. The second kappa shape index (κ2) is 5.14. The summed E-state index contributed by atoms with van der Waals surface area (Å²) in [5.41, 5.74) is 1.52. The Labute approximate surface area is 110 Å². The van der Waals surface area contributed by atoms with E-state index in [4.69, 9.17) is 9.47 Å². The van der Waals surface area contributed by atoms with Crippen molar-refractivity contribution in [3.05, 3.63) is 47.8 Å². The lowest BCUT2D eigenvalue weighted by atomic mass is 10.2.